The Labute approximate surface area is 105 Å². The highest BCUT2D eigenvalue weighted by atomic mass is 32.1. The number of para-hydroxylation sites is 1. The molecule has 0 aliphatic heterocycles. The van der Waals surface area contributed by atoms with Crippen LogP contribution in [0.3, 0.4) is 0 Å². The molecule has 0 bridgehead atoms. The van der Waals surface area contributed by atoms with Crippen molar-refractivity contribution in [1.82, 2.24) is 0 Å². The summed E-state index contributed by atoms with van der Waals surface area (Å²) in [6.45, 7) is 2.90. The number of nitrogens with two attached hydrogens (primary N) is 1. The van der Waals surface area contributed by atoms with E-state index in [2.05, 4.69) is 23.0 Å². The predicted molar refractivity (Wildman–Crippen MR) is 73.8 cm³/mol. The molecule has 3 N–H and O–H groups in total. The van der Waals surface area contributed by atoms with Crippen molar-refractivity contribution in [3.63, 3.8) is 0 Å². The Morgan fingerprint density at radius 1 is 1.35 bits per heavy atom. The molecule has 0 radical (unpaired) electrons. The minimum absolute atomic E-state index is 0.655. The van der Waals surface area contributed by atoms with Crippen molar-refractivity contribution in [3.05, 3.63) is 40.1 Å². The number of rotatable bonds is 4. The molecule has 3 nitrogen and oxygen atoms in total. The first-order chi connectivity index (χ1) is 8.22. The number of nitrogens with one attached hydrogen (secondary N) is 1. The molecule has 17 heavy (non-hydrogen) atoms. The Balaban J connectivity index is 2.12. The topological polar surface area (TPSA) is 47.3 Å². The van der Waals surface area contributed by atoms with Crippen molar-refractivity contribution in [2.45, 2.75) is 13.5 Å². The zero-order valence-corrected chi connectivity index (χ0v) is 10.8. The number of aryl methyl sites for hydroxylation is 1. The van der Waals surface area contributed by atoms with Crippen LogP contribution in [-0.4, -0.2) is 7.11 Å². The molecule has 0 atom stereocenters. The highest BCUT2D eigenvalue weighted by molar-refractivity contribution is 7.08. The van der Waals surface area contributed by atoms with Crippen LogP contribution in [-0.2, 0) is 6.54 Å². The van der Waals surface area contributed by atoms with Gasteiger partial charge in [-0.2, -0.15) is 11.3 Å². The van der Waals surface area contributed by atoms with E-state index in [-0.39, 0.29) is 0 Å². The zero-order chi connectivity index (χ0) is 12.3. The molecule has 4 heteroatoms. The zero-order valence-electron chi connectivity index (χ0n) is 9.99. The van der Waals surface area contributed by atoms with Crippen LogP contribution in [0.15, 0.2) is 29.0 Å². The van der Waals surface area contributed by atoms with Gasteiger partial charge in [-0.1, -0.05) is 6.07 Å². The molecule has 0 spiro atoms. The lowest BCUT2D eigenvalue weighted by molar-refractivity contribution is 0.417. The second-order valence-corrected chi connectivity index (χ2v) is 4.60. The predicted octanol–water partition coefficient (Wildman–Crippen LogP) is 3.26. The number of thiophene rings is 1. The van der Waals surface area contributed by atoms with Gasteiger partial charge >= 0.3 is 0 Å². The van der Waals surface area contributed by atoms with Crippen LogP contribution in [0.25, 0.3) is 0 Å². The number of hydrogen-bond acceptors (Lipinski definition) is 4. The molecule has 0 aliphatic rings. The molecule has 0 unspecified atom stereocenters. The molecule has 1 aromatic carbocycles. The van der Waals surface area contributed by atoms with E-state index in [1.807, 2.05) is 18.2 Å². The third kappa shape index (κ3) is 2.53. The SMILES string of the molecule is COc1cccc(NCc2cscc2C)c1N. The van der Waals surface area contributed by atoms with Gasteiger partial charge in [-0.25, -0.2) is 0 Å². The van der Waals surface area contributed by atoms with Gasteiger partial charge in [0.2, 0.25) is 0 Å². The van der Waals surface area contributed by atoms with Crippen molar-refractivity contribution in [3.8, 4) is 5.75 Å². The summed E-state index contributed by atoms with van der Waals surface area (Å²) in [5.41, 5.74) is 10.2. The molecule has 0 saturated carbocycles. The Morgan fingerprint density at radius 3 is 2.82 bits per heavy atom. The van der Waals surface area contributed by atoms with E-state index in [9.17, 15) is 0 Å². The fraction of sp³-hybridized carbons (Fsp3) is 0.231. The summed E-state index contributed by atoms with van der Waals surface area (Å²) in [5.74, 6) is 0.706. The van der Waals surface area contributed by atoms with Crippen molar-refractivity contribution < 1.29 is 4.74 Å². The van der Waals surface area contributed by atoms with Gasteiger partial charge in [0.25, 0.3) is 0 Å². The van der Waals surface area contributed by atoms with Crippen LogP contribution in [0.4, 0.5) is 11.4 Å². The molecule has 1 heterocycles. The maximum Gasteiger partial charge on any atom is 0.143 e. The molecule has 0 amide bonds. The first kappa shape index (κ1) is 11.8. The number of benzene rings is 1. The average molecular weight is 248 g/mol. The van der Waals surface area contributed by atoms with E-state index in [1.54, 1.807) is 18.4 Å². The second-order valence-electron chi connectivity index (χ2n) is 3.86. The average Bonchev–Trinajstić information content (AvgIpc) is 2.74. The first-order valence-electron chi connectivity index (χ1n) is 5.40. The number of anilines is 2. The van der Waals surface area contributed by atoms with Crippen molar-refractivity contribution >= 4 is 22.7 Å². The van der Waals surface area contributed by atoms with Crippen LogP contribution in [0.1, 0.15) is 11.1 Å². The minimum Gasteiger partial charge on any atom is -0.495 e. The van der Waals surface area contributed by atoms with Crippen LogP contribution in [0.2, 0.25) is 0 Å². The number of hydrogen-bond donors (Lipinski definition) is 2. The lowest BCUT2D eigenvalue weighted by atomic mass is 10.2. The molecule has 0 fully saturated rings. The third-order valence-electron chi connectivity index (χ3n) is 2.72. The van der Waals surface area contributed by atoms with E-state index in [4.69, 9.17) is 10.5 Å². The minimum atomic E-state index is 0.655. The van der Waals surface area contributed by atoms with Crippen molar-refractivity contribution in [2.24, 2.45) is 0 Å². The van der Waals surface area contributed by atoms with Gasteiger partial charge in [-0.3, -0.25) is 0 Å². The van der Waals surface area contributed by atoms with E-state index < -0.39 is 0 Å². The third-order valence-corrected chi connectivity index (χ3v) is 3.63. The lowest BCUT2D eigenvalue weighted by Gasteiger charge is -2.12. The number of methoxy groups -OCH3 is 1. The van der Waals surface area contributed by atoms with Gasteiger partial charge in [0.1, 0.15) is 5.75 Å². The Bertz CT molecular complexity index is 508. The molecule has 90 valence electrons. The van der Waals surface area contributed by atoms with Gasteiger partial charge < -0.3 is 15.8 Å². The fourth-order valence-corrected chi connectivity index (χ4v) is 2.49. The summed E-state index contributed by atoms with van der Waals surface area (Å²) in [5, 5.41) is 7.63. The van der Waals surface area contributed by atoms with Crippen LogP contribution in [0, 0.1) is 6.92 Å². The van der Waals surface area contributed by atoms with Gasteiger partial charge in [0.15, 0.2) is 0 Å². The molecular weight excluding hydrogens is 232 g/mol. The highest BCUT2D eigenvalue weighted by Crippen LogP contribution is 2.29. The maximum atomic E-state index is 5.99. The van der Waals surface area contributed by atoms with Gasteiger partial charge in [-0.15, -0.1) is 0 Å². The maximum absolute atomic E-state index is 5.99. The molecule has 0 aliphatic carbocycles. The van der Waals surface area contributed by atoms with Crippen LogP contribution in [0.5, 0.6) is 5.75 Å². The van der Waals surface area contributed by atoms with Crippen molar-refractivity contribution in [2.75, 3.05) is 18.2 Å². The van der Waals surface area contributed by atoms with E-state index >= 15 is 0 Å². The van der Waals surface area contributed by atoms with Crippen molar-refractivity contribution in [1.29, 1.82) is 0 Å². The first-order valence-corrected chi connectivity index (χ1v) is 6.34. The molecule has 1 aromatic heterocycles. The van der Waals surface area contributed by atoms with Crippen LogP contribution >= 0.6 is 11.3 Å². The summed E-state index contributed by atoms with van der Waals surface area (Å²) >= 11 is 1.72. The standard InChI is InChI=1S/C13H16N2OS/c1-9-7-17-8-10(9)6-15-11-4-3-5-12(16-2)13(11)14/h3-5,7-8,15H,6,14H2,1-2H3. The van der Waals surface area contributed by atoms with Gasteiger partial charge in [-0.05, 0) is 40.9 Å². The molecule has 2 aromatic rings. The normalized spacial score (nSPS) is 10.2. The summed E-state index contributed by atoms with van der Waals surface area (Å²) < 4.78 is 5.18. The number of ether oxygens (including phenoxy) is 1. The fourth-order valence-electron chi connectivity index (χ4n) is 1.63. The van der Waals surface area contributed by atoms with E-state index in [0.717, 1.165) is 12.2 Å². The Hall–Kier alpha value is -1.68. The van der Waals surface area contributed by atoms with Gasteiger partial charge in [0.05, 0.1) is 18.5 Å². The van der Waals surface area contributed by atoms with Crippen LogP contribution < -0.4 is 15.8 Å². The summed E-state index contributed by atoms with van der Waals surface area (Å²) in [6.07, 6.45) is 0. The largest absolute Gasteiger partial charge is 0.495 e. The Morgan fingerprint density at radius 2 is 2.18 bits per heavy atom. The highest BCUT2D eigenvalue weighted by Gasteiger charge is 2.05. The van der Waals surface area contributed by atoms with E-state index in [0.29, 0.717) is 11.4 Å². The van der Waals surface area contributed by atoms with E-state index in [1.165, 1.54) is 11.1 Å². The Kier molecular flexibility index (Phi) is 3.54. The molecule has 0 saturated heterocycles. The summed E-state index contributed by atoms with van der Waals surface area (Å²) in [6, 6.07) is 5.74. The molecule has 2 rings (SSSR count). The lowest BCUT2D eigenvalue weighted by Crippen LogP contribution is -2.03. The molecular formula is C13H16N2OS. The monoisotopic (exact) mass is 248 g/mol. The summed E-state index contributed by atoms with van der Waals surface area (Å²) in [7, 11) is 1.62. The summed E-state index contributed by atoms with van der Waals surface area (Å²) in [4.78, 5) is 0. The second kappa shape index (κ2) is 5.10. The smallest absolute Gasteiger partial charge is 0.143 e. The van der Waals surface area contributed by atoms with Gasteiger partial charge in [0, 0.05) is 6.54 Å². The quantitative estimate of drug-likeness (QED) is 0.816. The number of nitrogen functional groups attached to an aromatic ring is 1.